The first-order valence-electron chi connectivity index (χ1n) is 7.08. The largest absolute Gasteiger partial charge is 0.482 e. The number of benzene rings is 1. The van der Waals surface area contributed by atoms with Crippen molar-refractivity contribution in [3.63, 3.8) is 0 Å². The highest BCUT2D eigenvalue weighted by Gasteiger charge is 2.28. The molecule has 1 heterocycles. The number of ether oxygens (including phenoxy) is 1. The molecule has 2 N–H and O–H groups in total. The minimum Gasteiger partial charge on any atom is -0.482 e. The van der Waals surface area contributed by atoms with Gasteiger partial charge in [0.25, 0.3) is 11.8 Å². The third-order valence-corrected chi connectivity index (χ3v) is 3.22. The highest BCUT2D eigenvalue weighted by molar-refractivity contribution is 6.04. The number of amides is 3. The summed E-state index contributed by atoms with van der Waals surface area (Å²) in [4.78, 5) is 47.7. The van der Waals surface area contributed by atoms with Crippen molar-refractivity contribution in [2.45, 2.75) is 20.3 Å². The summed E-state index contributed by atoms with van der Waals surface area (Å²) in [7, 11) is 0. The summed E-state index contributed by atoms with van der Waals surface area (Å²) in [5, 5.41) is 0. The van der Waals surface area contributed by atoms with Crippen LogP contribution in [-0.4, -0.2) is 36.7 Å². The monoisotopic (exact) mass is 319 g/mol. The molecule has 8 nitrogen and oxygen atoms in total. The lowest BCUT2D eigenvalue weighted by Crippen LogP contribution is -2.49. The Kier molecular flexibility index (Phi) is 4.95. The van der Waals surface area contributed by atoms with E-state index in [0.29, 0.717) is 23.4 Å². The fourth-order valence-electron chi connectivity index (χ4n) is 2.09. The lowest BCUT2D eigenvalue weighted by atomic mass is 10.1. The van der Waals surface area contributed by atoms with E-state index in [1.54, 1.807) is 19.1 Å². The van der Waals surface area contributed by atoms with Crippen molar-refractivity contribution in [1.82, 2.24) is 10.9 Å². The van der Waals surface area contributed by atoms with Gasteiger partial charge < -0.3 is 4.74 Å². The van der Waals surface area contributed by atoms with Crippen LogP contribution in [0.15, 0.2) is 18.2 Å². The smallest absolute Gasteiger partial charge is 0.265 e. The zero-order valence-corrected chi connectivity index (χ0v) is 12.8. The van der Waals surface area contributed by atoms with Gasteiger partial charge in [-0.1, -0.05) is 6.92 Å². The van der Waals surface area contributed by atoms with Gasteiger partial charge in [-0.2, -0.15) is 0 Å². The highest BCUT2D eigenvalue weighted by atomic mass is 16.5. The van der Waals surface area contributed by atoms with E-state index < -0.39 is 17.7 Å². The summed E-state index contributed by atoms with van der Waals surface area (Å²) in [6.45, 7) is 2.50. The molecule has 8 heteroatoms. The molecule has 122 valence electrons. The second kappa shape index (κ2) is 6.91. The predicted molar refractivity (Wildman–Crippen MR) is 80.9 cm³/mol. The summed E-state index contributed by atoms with van der Waals surface area (Å²) < 4.78 is 5.31. The maximum Gasteiger partial charge on any atom is 0.265 e. The topological polar surface area (TPSA) is 105 Å². The van der Waals surface area contributed by atoms with Gasteiger partial charge in [0.15, 0.2) is 12.4 Å². The van der Waals surface area contributed by atoms with E-state index in [0.717, 1.165) is 0 Å². The van der Waals surface area contributed by atoms with Crippen molar-refractivity contribution in [1.29, 1.82) is 0 Å². The summed E-state index contributed by atoms with van der Waals surface area (Å²) >= 11 is 0. The molecule has 0 fully saturated rings. The third-order valence-electron chi connectivity index (χ3n) is 3.22. The molecule has 0 atom stereocenters. The normalized spacial score (nSPS) is 13.0. The van der Waals surface area contributed by atoms with Gasteiger partial charge in [-0.25, -0.2) is 0 Å². The molecule has 1 aliphatic rings. The first kappa shape index (κ1) is 16.5. The third kappa shape index (κ3) is 3.85. The molecule has 0 saturated carbocycles. The number of hydrogen-bond acceptors (Lipinski definition) is 5. The quantitative estimate of drug-likeness (QED) is 0.608. The van der Waals surface area contributed by atoms with Crippen LogP contribution in [-0.2, 0) is 14.4 Å². The average Bonchev–Trinajstić information content (AvgIpc) is 2.54. The lowest BCUT2D eigenvalue weighted by Gasteiger charge is -2.29. The number of Topliss-reactive ketones (excluding diaryl/α,β-unsaturated/α-hetero) is 1. The van der Waals surface area contributed by atoms with Crippen LogP contribution < -0.4 is 20.5 Å². The van der Waals surface area contributed by atoms with Crippen molar-refractivity contribution in [3.8, 4) is 5.75 Å². The molecule has 0 spiro atoms. The zero-order chi connectivity index (χ0) is 17.0. The number of carbonyl (C=O) groups is 4. The van der Waals surface area contributed by atoms with Gasteiger partial charge >= 0.3 is 0 Å². The summed E-state index contributed by atoms with van der Waals surface area (Å²) in [6, 6.07) is 4.75. The fraction of sp³-hybridized carbons (Fsp3) is 0.333. The van der Waals surface area contributed by atoms with E-state index in [1.165, 1.54) is 17.9 Å². The fourth-order valence-corrected chi connectivity index (χ4v) is 2.09. The van der Waals surface area contributed by atoms with E-state index in [2.05, 4.69) is 10.9 Å². The molecule has 0 radical (unpaired) electrons. The zero-order valence-electron chi connectivity index (χ0n) is 12.8. The van der Waals surface area contributed by atoms with Crippen LogP contribution in [0.2, 0.25) is 0 Å². The molecule has 1 aliphatic heterocycles. The molecular formula is C15H17N3O5. The molecule has 1 aromatic rings. The van der Waals surface area contributed by atoms with Crippen molar-refractivity contribution < 1.29 is 23.9 Å². The Labute approximate surface area is 132 Å². The van der Waals surface area contributed by atoms with E-state index in [9.17, 15) is 19.2 Å². The predicted octanol–water partition coefficient (Wildman–Crippen LogP) is 0.172. The number of nitrogens with zero attached hydrogens (tertiary/aromatic N) is 1. The molecule has 1 aromatic carbocycles. The lowest BCUT2D eigenvalue weighted by molar-refractivity contribution is -0.128. The number of ketones is 1. The number of nitrogens with one attached hydrogen (secondary N) is 2. The Morgan fingerprint density at radius 3 is 2.65 bits per heavy atom. The van der Waals surface area contributed by atoms with Crippen molar-refractivity contribution in [3.05, 3.63) is 23.8 Å². The highest BCUT2D eigenvalue weighted by Crippen LogP contribution is 2.33. The van der Waals surface area contributed by atoms with Gasteiger partial charge in [0.2, 0.25) is 5.91 Å². The Bertz CT molecular complexity index is 671. The van der Waals surface area contributed by atoms with Gasteiger partial charge in [0, 0.05) is 18.9 Å². The van der Waals surface area contributed by atoms with E-state index in [1.807, 2.05) is 0 Å². The SMILES string of the molecule is CCC(=O)c1ccc2c(c1)N(CC(=O)NNC(C)=O)C(=O)CO2. The van der Waals surface area contributed by atoms with Crippen LogP contribution in [0.25, 0.3) is 0 Å². The van der Waals surface area contributed by atoms with Gasteiger partial charge in [-0.15, -0.1) is 0 Å². The molecule has 0 bridgehead atoms. The molecule has 23 heavy (non-hydrogen) atoms. The molecular weight excluding hydrogens is 302 g/mol. The maximum atomic E-state index is 12.0. The maximum absolute atomic E-state index is 12.0. The Balaban J connectivity index is 2.24. The molecule has 3 amide bonds. The number of fused-ring (bicyclic) bond motifs is 1. The standard InChI is InChI=1S/C15H17N3O5/c1-3-12(20)10-4-5-13-11(6-10)18(15(22)8-23-13)7-14(21)17-16-9(2)19/h4-6H,3,7-8H2,1-2H3,(H,16,19)(H,17,21). The van der Waals surface area contributed by atoms with Crippen molar-refractivity contribution in [2.24, 2.45) is 0 Å². The Morgan fingerprint density at radius 1 is 1.26 bits per heavy atom. The van der Waals surface area contributed by atoms with Crippen molar-refractivity contribution >= 4 is 29.2 Å². The molecule has 2 rings (SSSR count). The second-order valence-corrected chi connectivity index (χ2v) is 4.96. The number of hydrazine groups is 1. The molecule has 0 unspecified atom stereocenters. The van der Waals surface area contributed by atoms with Gasteiger partial charge in [0.1, 0.15) is 12.3 Å². The molecule has 0 saturated heterocycles. The van der Waals surface area contributed by atoms with E-state index in [4.69, 9.17) is 4.74 Å². The number of hydrogen-bond donors (Lipinski definition) is 2. The number of anilines is 1. The number of carbonyl (C=O) groups excluding carboxylic acids is 4. The van der Waals surface area contributed by atoms with Crippen molar-refractivity contribution in [2.75, 3.05) is 18.1 Å². The van der Waals surface area contributed by atoms with Crippen LogP contribution in [0.4, 0.5) is 5.69 Å². The van der Waals surface area contributed by atoms with Crippen LogP contribution in [0.5, 0.6) is 5.75 Å². The summed E-state index contributed by atoms with van der Waals surface area (Å²) in [5.41, 5.74) is 5.14. The molecule has 0 aliphatic carbocycles. The van der Waals surface area contributed by atoms with Gasteiger partial charge in [0.05, 0.1) is 5.69 Å². The van der Waals surface area contributed by atoms with E-state index in [-0.39, 0.29) is 18.9 Å². The Morgan fingerprint density at radius 2 is 2.00 bits per heavy atom. The minimum absolute atomic E-state index is 0.0755. The van der Waals surface area contributed by atoms with Crippen LogP contribution in [0.1, 0.15) is 30.6 Å². The summed E-state index contributed by atoms with van der Waals surface area (Å²) in [5.74, 6) is -1.05. The second-order valence-electron chi connectivity index (χ2n) is 4.96. The first-order valence-corrected chi connectivity index (χ1v) is 7.08. The van der Waals surface area contributed by atoms with Crippen LogP contribution in [0.3, 0.4) is 0 Å². The minimum atomic E-state index is -0.561. The van der Waals surface area contributed by atoms with E-state index >= 15 is 0 Å². The number of rotatable bonds is 4. The molecule has 0 aromatic heterocycles. The first-order chi connectivity index (χ1) is 10.9. The van der Waals surface area contributed by atoms with Gasteiger partial charge in [-0.05, 0) is 18.2 Å². The summed E-state index contributed by atoms with van der Waals surface area (Å²) in [6.07, 6.45) is 0.330. The Hall–Kier alpha value is -2.90. The van der Waals surface area contributed by atoms with Crippen LogP contribution >= 0.6 is 0 Å². The van der Waals surface area contributed by atoms with Gasteiger partial charge in [-0.3, -0.25) is 34.9 Å². The van der Waals surface area contributed by atoms with Crippen LogP contribution in [0, 0.1) is 0 Å². The average molecular weight is 319 g/mol.